The molecule has 0 atom stereocenters. The average Bonchev–Trinajstić information content (AvgIpc) is 2.34. The molecule has 0 heterocycles. The molecule has 0 fully saturated rings. The Morgan fingerprint density at radius 3 is 2.32 bits per heavy atom. The molecule has 2 aromatic carbocycles. The normalized spacial score (nSPS) is 10.3. The van der Waals surface area contributed by atoms with Crippen molar-refractivity contribution in [2.24, 2.45) is 0 Å². The number of aryl methyl sites for hydroxylation is 3. The number of hydrogen-bond acceptors (Lipinski definition) is 2. The maximum absolute atomic E-state index is 11.5. The molecule has 0 saturated carbocycles. The largest absolute Gasteiger partial charge is 0.457 e. The third kappa shape index (κ3) is 3.02. The van der Waals surface area contributed by atoms with Gasteiger partial charge >= 0.3 is 0 Å². The van der Waals surface area contributed by atoms with Gasteiger partial charge in [-0.15, -0.1) is 0 Å². The Kier molecular flexibility index (Phi) is 3.70. The summed E-state index contributed by atoms with van der Waals surface area (Å²) in [6.07, 6.45) is 0. The Labute approximate surface area is 114 Å². The summed E-state index contributed by atoms with van der Waals surface area (Å²) in [7, 11) is 0. The van der Waals surface area contributed by atoms with Gasteiger partial charge in [0.05, 0.1) is 0 Å². The van der Waals surface area contributed by atoms with E-state index in [1.165, 1.54) is 5.56 Å². The first-order valence-corrected chi connectivity index (χ1v) is 6.34. The number of ketones is 1. The van der Waals surface area contributed by atoms with Gasteiger partial charge in [0.1, 0.15) is 11.5 Å². The Bertz CT molecular complexity index is 627. The molecule has 2 aromatic rings. The van der Waals surface area contributed by atoms with Crippen molar-refractivity contribution in [2.45, 2.75) is 27.7 Å². The van der Waals surface area contributed by atoms with E-state index in [1.54, 1.807) is 13.0 Å². The highest BCUT2D eigenvalue weighted by Crippen LogP contribution is 2.27. The minimum atomic E-state index is 0.0589. The lowest BCUT2D eigenvalue weighted by molar-refractivity contribution is 0.101. The molecule has 0 N–H and O–H groups in total. The second kappa shape index (κ2) is 5.27. The van der Waals surface area contributed by atoms with Crippen LogP contribution in [0.15, 0.2) is 36.4 Å². The lowest BCUT2D eigenvalue weighted by Gasteiger charge is -2.11. The molecule has 19 heavy (non-hydrogen) atoms. The minimum absolute atomic E-state index is 0.0589. The van der Waals surface area contributed by atoms with Crippen molar-refractivity contribution < 1.29 is 9.53 Å². The second-order valence-corrected chi connectivity index (χ2v) is 4.90. The van der Waals surface area contributed by atoms with Crippen LogP contribution in [0.5, 0.6) is 11.5 Å². The standard InChI is InChI=1S/C17H18O2/c1-11-5-8-17(13(3)9-11)19-15-7-6-12(2)16(10-15)14(4)18/h5-10H,1-4H3. The molecular formula is C17H18O2. The van der Waals surface area contributed by atoms with E-state index in [4.69, 9.17) is 4.74 Å². The Morgan fingerprint density at radius 2 is 1.68 bits per heavy atom. The molecule has 0 unspecified atom stereocenters. The van der Waals surface area contributed by atoms with Gasteiger partial charge in [-0.3, -0.25) is 4.79 Å². The Balaban J connectivity index is 2.33. The smallest absolute Gasteiger partial charge is 0.160 e. The minimum Gasteiger partial charge on any atom is -0.457 e. The number of carbonyl (C=O) groups is 1. The number of rotatable bonds is 3. The molecule has 0 spiro atoms. The topological polar surface area (TPSA) is 26.3 Å². The van der Waals surface area contributed by atoms with Crippen LogP contribution in [0.4, 0.5) is 0 Å². The van der Waals surface area contributed by atoms with E-state index in [1.807, 2.05) is 38.1 Å². The molecule has 2 rings (SSSR count). The fourth-order valence-corrected chi connectivity index (χ4v) is 2.08. The molecule has 0 saturated heterocycles. The van der Waals surface area contributed by atoms with Gasteiger partial charge in [0.15, 0.2) is 5.78 Å². The molecule has 0 bridgehead atoms. The maximum atomic E-state index is 11.5. The van der Waals surface area contributed by atoms with Gasteiger partial charge < -0.3 is 4.74 Å². The predicted molar refractivity (Wildman–Crippen MR) is 77.2 cm³/mol. The van der Waals surface area contributed by atoms with Gasteiger partial charge in [-0.1, -0.05) is 23.8 Å². The first-order valence-electron chi connectivity index (χ1n) is 6.34. The summed E-state index contributed by atoms with van der Waals surface area (Å²) in [5, 5.41) is 0. The number of hydrogen-bond donors (Lipinski definition) is 0. The SMILES string of the molecule is CC(=O)c1cc(Oc2ccc(C)cc2C)ccc1C. The van der Waals surface area contributed by atoms with E-state index in [2.05, 4.69) is 13.0 Å². The number of Topliss-reactive ketones (excluding diaryl/α,β-unsaturated/α-hetero) is 1. The van der Waals surface area contributed by atoms with Crippen LogP contribution >= 0.6 is 0 Å². The zero-order valence-corrected chi connectivity index (χ0v) is 11.8. The van der Waals surface area contributed by atoms with E-state index in [-0.39, 0.29) is 5.78 Å². The van der Waals surface area contributed by atoms with Gasteiger partial charge in [-0.05, 0) is 57.0 Å². The van der Waals surface area contributed by atoms with Gasteiger partial charge in [0.2, 0.25) is 0 Å². The van der Waals surface area contributed by atoms with Crippen molar-refractivity contribution in [3.63, 3.8) is 0 Å². The van der Waals surface area contributed by atoms with E-state index in [9.17, 15) is 4.79 Å². The van der Waals surface area contributed by atoms with Crippen LogP contribution in [0.1, 0.15) is 34.0 Å². The van der Waals surface area contributed by atoms with Gasteiger partial charge in [-0.25, -0.2) is 0 Å². The lowest BCUT2D eigenvalue weighted by Crippen LogP contribution is -1.97. The number of carbonyl (C=O) groups excluding carboxylic acids is 1. The van der Waals surface area contributed by atoms with Gasteiger partial charge in [-0.2, -0.15) is 0 Å². The molecule has 0 aliphatic carbocycles. The lowest BCUT2D eigenvalue weighted by atomic mass is 10.1. The number of benzene rings is 2. The molecule has 2 heteroatoms. The van der Waals surface area contributed by atoms with E-state index < -0.39 is 0 Å². The van der Waals surface area contributed by atoms with Crippen LogP contribution in [0.2, 0.25) is 0 Å². The average molecular weight is 254 g/mol. The van der Waals surface area contributed by atoms with Crippen LogP contribution in [0.25, 0.3) is 0 Å². The summed E-state index contributed by atoms with van der Waals surface area (Å²) in [6, 6.07) is 11.7. The molecule has 0 aromatic heterocycles. The van der Waals surface area contributed by atoms with Crippen LogP contribution in [0, 0.1) is 20.8 Å². The highest BCUT2D eigenvalue weighted by molar-refractivity contribution is 5.95. The molecule has 98 valence electrons. The van der Waals surface area contributed by atoms with Crippen molar-refractivity contribution >= 4 is 5.78 Å². The Morgan fingerprint density at radius 1 is 0.947 bits per heavy atom. The van der Waals surface area contributed by atoms with E-state index in [0.29, 0.717) is 11.3 Å². The van der Waals surface area contributed by atoms with Crippen molar-refractivity contribution in [1.82, 2.24) is 0 Å². The quantitative estimate of drug-likeness (QED) is 0.748. The zero-order valence-electron chi connectivity index (χ0n) is 11.8. The first-order chi connectivity index (χ1) is 8.97. The zero-order chi connectivity index (χ0) is 14.0. The van der Waals surface area contributed by atoms with Crippen LogP contribution in [-0.2, 0) is 0 Å². The monoisotopic (exact) mass is 254 g/mol. The van der Waals surface area contributed by atoms with Crippen LogP contribution < -0.4 is 4.74 Å². The van der Waals surface area contributed by atoms with Crippen molar-refractivity contribution in [1.29, 1.82) is 0 Å². The van der Waals surface area contributed by atoms with Crippen molar-refractivity contribution in [3.05, 3.63) is 58.7 Å². The fourth-order valence-electron chi connectivity index (χ4n) is 2.08. The third-order valence-corrected chi connectivity index (χ3v) is 3.15. The summed E-state index contributed by atoms with van der Waals surface area (Å²) >= 11 is 0. The molecular weight excluding hydrogens is 236 g/mol. The van der Waals surface area contributed by atoms with Crippen LogP contribution in [0.3, 0.4) is 0 Å². The highest BCUT2D eigenvalue weighted by atomic mass is 16.5. The molecule has 0 aliphatic rings. The van der Waals surface area contributed by atoms with Crippen molar-refractivity contribution in [2.75, 3.05) is 0 Å². The van der Waals surface area contributed by atoms with Gasteiger partial charge in [0.25, 0.3) is 0 Å². The third-order valence-electron chi connectivity index (χ3n) is 3.15. The second-order valence-electron chi connectivity index (χ2n) is 4.90. The summed E-state index contributed by atoms with van der Waals surface area (Å²) < 4.78 is 5.86. The highest BCUT2D eigenvalue weighted by Gasteiger charge is 2.07. The van der Waals surface area contributed by atoms with Crippen molar-refractivity contribution in [3.8, 4) is 11.5 Å². The first kappa shape index (κ1) is 13.3. The van der Waals surface area contributed by atoms with Crippen LogP contribution in [-0.4, -0.2) is 5.78 Å². The van der Waals surface area contributed by atoms with E-state index in [0.717, 1.165) is 16.9 Å². The summed E-state index contributed by atoms with van der Waals surface area (Å²) in [4.78, 5) is 11.5. The predicted octanol–water partition coefficient (Wildman–Crippen LogP) is 4.61. The molecule has 0 amide bonds. The molecule has 0 radical (unpaired) electrons. The molecule has 2 nitrogen and oxygen atoms in total. The van der Waals surface area contributed by atoms with E-state index >= 15 is 0 Å². The fraction of sp³-hybridized carbons (Fsp3) is 0.235. The van der Waals surface area contributed by atoms with Gasteiger partial charge in [0, 0.05) is 5.56 Å². The number of ether oxygens (including phenoxy) is 1. The maximum Gasteiger partial charge on any atom is 0.160 e. The summed E-state index contributed by atoms with van der Waals surface area (Å²) in [6.45, 7) is 7.57. The summed E-state index contributed by atoms with van der Waals surface area (Å²) in [5.74, 6) is 1.58. The Hall–Kier alpha value is -2.09. The molecule has 0 aliphatic heterocycles. The summed E-state index contributed by atoms with van der Waals surface area (Å²) in [5.41, 5.74) is 3.98.